The van der Waals surface area contributed by atoms with Gasteiger partial charge in [-0.1, -0.05) is 0 Å². The molecule has 1 saturated heterocycles. The SMILES string of the molecule is O=C(O)[C@@H]1C[C@@H](O)CN1C(=O)C1CC1. The van der Waals surface area contributed by atoms with Crippen molar-refractivity contribution < 1.29 is 19.8 Å². The lowest BCUT2D eigenvalue weighted by Crippen LogP contribution is -2.41. The maximum absolute atomic E-state index is 11.6. The number of carbonyl (C=O) groups is 2. The summed E-state index contributed by atoms with van der Waals surface area (Å²) in [6.45, 7) is 0.173. The van der Waals surface area contributed by atoms with Crippen molar-refractivity contribution in [3.05, 3.63) is 0 Å². The number of amides is 1. The molecule has 0 unspecified atom stereocenters. The van der Waals surface area contributed by atoms with E-state index in [1.165, 1.54) is 4.90 Å². The third-order valence-electron chi connectivity index (χ3n) is 2.77. The van der Waals surface area contributed by atoms with Crippen molar-refractivity contribution in [1.29, 1.82) is 0 Å². The molecule has 5 nitrogen and oxygen atoms in total. The van der Waals surface area contributed by atoms with E-state index in [0.29, 0.717) is 0 Å². The molecule has 0 radical (unpaired) electrons. The first kappa shape index (κ1) is 9.45. The van der Waals surface area contributed by atoms with Gasteiger partial charge in [0.2, 0.25) is 5.91 Å². The Labute approximate surface area is 81.3 Å². The third kappa shape index (κ3) is 1.59. The summed E-state index contributed by atoms with van der Waals surface area (Å²) >= 11 is 0. The first-order valence-electron chi connectivity index (χ1n) is 4.81. The topological polar surface area (TPSA) is 77.8 Å². The molecule has 0 aromatic rings. The lowest BCUT2D eigenvalue weighted by molar-refractivity contribution is -0.148. The van der Waals surface area contributed by atoms with Crippen LogP contribution in [0.5, 0.6) is 0 Å². The highest BCUT2D eigenvalue weighted by Gasteiger charge is 2.43. The smallest absolute Gasteiger partial charge is 0.326 e. The van der Waals surface area contributed by atoms with Crippen molar-refractivity contribution in [3.8, 4) is 0 Å². The summed E-state index contributed by atoms with van der Waals surface area (Å²) < 4.78 is 0. The molecule has 2 N–H and O–H groups in total. The van der Waals surface area contributed by atoms with Gasteiger partial charge < -0.3 is 15.1 Å². The molecule has 14 heavy (non-hydrogen) atoms. The number of hydrogen-bond acceptors (Lipinski definition) is 3. The monoisotopic (exact) mass is 199 g/mol. The Morgan fingerprint density at radius 1 is 1.29 bits per heavy atom. The standard InChI is InChI=1S/C9H13NO4/c11-6-3-7(9(13)14)10(4-6)8(12)5-1-2-5/h5-7,11H,1-4H2,(H,13,14)/t6-,7+/m1/s1. The molecule has 2 aliphatic rings. The van der Waals surface area contributed by atoms with E-state index in [1.54, 1.807) is 0 Å². The zero-order valence-corrected chi connectivity index (χ0v) is 7.72. The van der Waals surface area contributed by atoms with Gasteiger partial charge in [0.1, 0.15) is 6.04 Å². The second kappa shape index (κ2) is 3.24. The van der Waals surface area contributed by atoms with Crippen molar-refractivity contribution in [2.75, 3.05) is 6.54 Å². The summed E-state index contributed by atoms with van der Waals surface area (Å²) in [5.74, 6) is -1.10. The van der Waals surface area contributed by atoms with Crippen LogP contribution in [0.3, 0.4) is 0 Å². The predicted octanol–water partition coefficient (Wildman–Crippen LogP) is -0.557. The van der Waals surface area contributed by atoms with E-state index < -0.39 is 18.1 Å². The summed E-state index contributed by atoms with van der Waals surface area (Å²) in [5.41, 5.74) is 0. The number of carbonyl (C=O) groups excluding carboxylic acids is 1. The van der Waals surface area contributed by atoms with E-state index in [4.69, 9.17) is 5.11 Å². The molecular weight excluding hydrogens is 186 g/mol. The molecule has 2 rings (SSSR count). The molecule has 1 amide bonds. The summed E-state index contributed by atoms with van der Waals surface area (Å²) in [5, 5.41) is 18.2. The second-order valence-electron chi connectivity index (χ2n) is 4.01. The zero-order valence-electron chi connectivity index (χ0n) is 7.72. The van der Waals surface area contributed by atoms with Gasteiger partial charge >= 0.3 is 5.97 Å². The van der Waals surface area contributed by atoms with Gasteiger partial charge in [0.15, 0.2) is 0 Å². The summed E-state index contributed by atoms with van der Waals surface area (Å²) in [6, 6.07) is -0.821. The Morgan fingerprint density at radius 3 is 2.43 bits per heavy atom. The number of carboxylic acids is 1. The van der Waals surface area contributed by atoms with Crippen LogP contribution in [0.15, 0.2) is 0 Å². The number of carboxylic acid groups (broad SMARTS) is 1. The predicted molar refractivity (Wildman–Crippen MR) is 46.5 cm³/mol. The molecule has 1 saturated carbocycles. The zero-order chi connectivity index (χ0) is 10.3. The van der Waals surface area contributed by atoms with Crippen molar-refractivity contribution in [1.82, 2.24) is 4.90 Å². The number of aliphatic hydroxyl groups is 1. The van der Waals surface area contributed by atoms with Crippen molar-refractivity contribution >= 4 is 11.9 Å². The van der Waals surface area contributed by atoms with Crippen LogP contribution in [0, 0.1) is 5.92 Å². The molecule has 5 heteroatoms. The van der Waals surface area contributed by atoms with Gasteiger partial charge in [-0.3, -0.25) is 4.79 Å². The van der Waals surface area contributed by atoms with Gasteiger partial charge in [0.05, 0.1) is 6.10 Å². The number of rotatable bonds is 2. The van der Waals surface area contributed by atoms with Crippen LogP contribution in [0.4, 0.5) is 0 Å². The number of β-amino-alcohol motifs (C(OH)–C–C–N with tert-alkyl or cyclic N) is 1. The Hall–Kier alpha value is -1.10. The third-order valence-corrected chi connectivity index (χ3v) is 2.77. The average molecular weight is 199 g/mol. The van der Waals surface area contributed by atoms with Gasteiger partial charge in [-0.25, -0.2) is 4.79 Å². The second-order valence-corrected chi connectivity index (χ2v) is 4.01. The first-order valence-corrected chi connectivity index (χ1v) is 4.81. The van der Waals surface area contributed by atoms with Crippen molar-refractivity contribution in [2.24, 2.45) is 5.92 Å². The lowest BCUT2D eigenvalue weighted by atomic mass is 10.2. The van der Waals surface area contributed by atoms with Crippen LogP contribution < -0.4 is 0 Å². The quantitative estimate of drug-likeness (QED) is 0.625. The molecule has 0 aromatic carbocycles. The average Bonchev–Trinajstić information content (AvgIpc) is 2.87. The highest BCUT2D eigenvalue weighted by Crippen LogP contribution is 2.33. The van der Waals surface area contributed by atoms with E-state index in [-0.39, 0.29) is 24.8 Å². The van der Waals surface area contributed by atoms with E-state index in [0.717, 1.165) is 12.8 Å². The molecule has 0 spiro atoms. The van der Waals surface area contributed by atoms with Crippen molar-refractivity contribution in [3.63, 3.8) is 0 Å². The fraction of sp³-hybridized carbons (Fsp3) is 0.778. The molecular formula is C9H13NO4. The maximum atomic E-state index is 11.6. The molecule has 1 heterocycles. The minimum atomic E-state index is -1.02. The summed E-state index contributed by atoms with van der Waals surface area (Å²) in [4.78, 5) is 23.7. The Bertz CT molecular complexity index is 274. The summed E-state index contributed by atoms with van der Waals surface area (Å²) in [7, 11) is 0. The van der Waals surface area contributed by atoms with Crippen molar-refractivity contribution in [2.45, 2.75) is 31.4 Å². The van der Waals surface area contributed by atoms with Gasteiger partial charge in [-0.15, -0.1) is 0 Å². The fourth-order valence-corrected chi connectivity index (χ4v) is 1.86. The Kier molecular flexibility index (Phi) is 2.19. The van der Waals surface area contributed by atoms with E-state index in [2.05, 4.69) is 0 Å². The highest BCUT2D eigenvalue weighted by molar-refractivity contribution is 5.87. The van der Waals surface area contributed by atoms with Gasteiger partial charge in [0.25, 0.3) is 0 Å². The van der Waals surface area contributed by atoms with Gasteiger partial charge in [0, 0.05) is 18.9 Å². The minimum Gasteiger partial charge on any atom is -0.480 e. The Balaban J connectivity index is 2.07. The minimum absolute atomic E-state index is 0.0159. The number of hydrogen-bond donors (Lipinski definition) is 2. The normalized spacial score (nSPS) is 31.9. The van der Waals surface area contributed by atoms with Gasteiger partial charge in [-0.05, 0) is 12.8 Å². The van der Waals surface area contributed by atoms with E-state index >= 15 is 0 Å². The largest absolute Gasteiger partial charge is 0.480 e. The van der Waals surface area contributed by atoms with Crippen LogP contribution >= 0.6 is 0 Å². The van der Waals surface area contributed by atoms with E-state index in [1.807, 2.05) is 0 Å². The van der Waals surface area contributed by atoms with Crippen LogP contribution in [0.1, 0.15) is 19.3 Å². The van der Waals surface area contributed by atoms with Crippen LogP contribution in [0.25, 0.3) is 0 Å². The molecule has 0 bridgehead atoms. The van der Waals surface area contributed by atoms with Gasteiger partial charge in [-0.2, -0.15) is 0 Å². The fourth-order valence-electron chi connectivity index (χ4n) is 1.86. The summed E-state index contributed by atoms with van der Waals surface area (Å²) in [6.07, 6.45) is 1.20. The molecule has 2 fully saturated rings. The molecule has 1 aliphatic heterocycles. The first-order chi connectivity index (χ1) is 6.59. The number of aliphatic carboxylic acids is 1. The highest BCUT2D eigenvalue weighted by atomic mass is 16.4. The molecule has 2 atom stereocenters. The van der Waals surface area contributed by atoms with E-state index in [9.17, 15) is 14.7 Å². The van der Waals surface area contributed by atoms with Crippen LogP contribution in [-0.2, 0) is 9.59 Å². The number of aliphatic hydroxyl groups excluding tert-OH is 1. The lowest BCUT2D eigenvalue weighted by Gasteiger charge is -2.20. The molecule has 0 aromatic heterocycles. The van der Waals surface area contributed by atoms with Crippen LogP contribution in [0.2, 0.25) is 0 Å². The number of nitrogens with zero attached hydrogens (tertiary/aromatic N) is 1. The van der Waals surface area contributed by atoms with Crippen LogP contribution in [-0.4, -0.2) is 45.7 Å². The molecule has 78 valence electrons. The maximum Gasteiger partial charge on any atom is 0.326 e. The number of likely N-dealkylation sites (tertiary alicyclic amines) is 1. The Morgan fingerprint density at radius 2 is 1.93 bits per heavy atom. The molecule has 1 aliphatic carbocycles.